The molecule has 4 rings (SSSR count). The second-order valence-electron chi connectivity index (χ2n) is 10.7. The van der Waals surface area contributed by atoms with Crippen molar-refractivity contribution in [2.45, 2.75) is 83.1 Å². The first-order valence-electron chi connectivity index (χ1n) is 13.8. The van der Waals surface area contributed by atoms with Gasteiger partial charge in [-0.15, -0.1) is 0 Å². The highest BCUT2D eigenvalue weighted by atomic mass is 79.9. The molecule has 3 aliphatic rings. The summed E-state index contributed by atoms with van der Waals surface area (Å²) < 4.78 is 0.822. The minimum Gasteiger partial charge on any atom is -0.396 e. The van der Waals surface area contributed by atoms with Crippen LogP contribution in [0.1, 0.15) is 75.4 Å². The van der Waals surface area contributed by atoms with Gasteiger partial charge >= 0.3 is 0 Å². The first-order valence-corrected chi connectivity index (χ1v) is 14.6. The molecule has 1 unspecified atom stereocenters. The number of likely N-dealkylation sites (N-methyl/N-ethyl adjacent to an activating group) is 1. The van der Waals surface area contributed by atoms with Crippen LogP contribution in [0.2, 0.25) is 0 Å². The Morgan fingerprint density at radius 3 is 2.67 bits per heavy atom. The Balaban J connectivity index is 1.63. The standard InChI is InChI=1S/C28H44BrN7/c1-5-13-28(14-8-17-35(28)4)15-12-24-33-22-11-7-6-10-21(22)27(34-24)36-18-9-16-32-23(19-36)25(29)26(30)20(2)31-3/h31H,2,5-19,30H2,1,3-4H3/b26-25+. The lowest BCUT2D eigenvalue weighted by atomic mass is 9.86. The van der Waals surface area contributed by atoms with E-state index in [0.717, 1.165) is 67.0 Å². The Labute approximate surface area is 225 Å². The molecule has 1 atom stereocenters. The number of anilines is 1. The number of aryl methyl sites for hydroxylation is 2. The molecule has 1 aliphatic carbocycles. The van der Waals surface area contributed by atoms with Crippen LogP contribution in [0.25, 0.3) is 0 Å². The van der Waals surface area contributed by atoms with Gasteiger partial charge in [0, 0.05) is 43.4 Å². The molecule has 0 spiro atoms. The summed E-state index contributed by atoms with van der Waals surface area (Å²) in [5.74, 6) is 2.14. The number of rotatable bonds is 9. The van der Waals surface area contributed by atoms with E-state index in [2.05, 4.69) is 51.6 Å². The maximum atomic E-state index is 6.36. The molecule has 0 saturated carbocycles. The van der Waals surface area contributed by atoms with Crippen molar-refractivity contribution in [3.8, 4) is 0 Å². The average molecular weight is 559 g/mol. The van der Waals surface area contributed by atoms with Crippen molar-refractivity contribution in [2.75, 3.05) is 45.2 Å². The van der Waals surface area contributed by atoms with E-state index in [9.17, 15) is 0 Å². The van der Waals surface area contributed by atoms with Crippen LogP contribution in [-0.4, -0.2) is 66.4 Å². The number of halogens is 1. The van der Waals surface area contributed by atoms with E-state index in [0.29, 0.717) is 23.5 Å². The summed E-state index contributed by atoms with van der Waals surface area (Å²) in [5.41, 5.74) is 11.5. The summed E-state index contributed by atoms with van der Waals surface area (Å²) in [6, 6.07) is 0. The third-order valence-electron chi connectivity index (χ3n) is 8.33. The molecule has 198 valence electrons. The molecule has 0 aromatic carbocycles. The lowest BCUT2D eigenvalue weighted by Gasteiger charge is -2.36. The number of nitrogens with zero attached hydrogens (tertiary/aromatic N) is 5. The maximum absolute atomic E-state index is 6.36. The molecule has 0 bridgehead atoms. The third-order valence-corrected chi connectivity index (χ3v) is 9.21. The maximum Gasteiger partial charge on any atom is 0.136 e. The van der Waals surface area contributed by atoms with Crippen LogP contribution in [0.5, 0.6) is 0 Å². The molecule has 1 aromatic heterocycles. The van der Waals surface area contributed by atoms with E-state index in [1.54, 1.807) is 0 Å². The molecule has 3 N–H and O–H groups in total. The normalized spacial score (nSPS) is 23.6. The largest absolute Gasteiger partial charge is 0.396 e. The topological polar surface area (TPSA) is 82.7 Å². The van der Waals surface area contributed by atoms with E-state index in [1.165, 1.54) is 56.3 Å². The van der Waals surface area contributed by atoms with Gasteiger partial charge < -0.3 is 20.9 Å². The van der Waals surface area contributed by atoms with Crippen LogP contribution < -0.4 is 16.0 Å². The average Bonchev–Trinajstić information content (AvgIpc) is 3.09. The number of hydrogen-bond donors (Lipinski definition) is 2. The van der Waals surface area contributed by atoms with E-state index >= 15 is 0 Å². The third kappa shape index (κ3) is 5.80. The fourth-order valence-corrected chi connectivity index (χ4v) is 6.66. The molecule has 0 radical (unpaired) electrons. The number of nitrogens with two attached hydrogens (primary N) is 1. The molecule has 36 heavy (non-hydrogen) atoms. The van der Waals surface area contributed by atoms with Gasteiger partial charge in [-0.05, 0) is 87.3 Å². The van der Waals surface area contributed by atoms with Gasteiger partial charge in [-0.1, -0.05) is 19.9 Å². The van der Waals surface area contributed by atoms with Crippen molar-refractivity contribution < 1.29 is 0 Å². The summed E-state index contributed by atoms with van der Waals surface area (Å²) in [4.78, 5) is 20.3. The Hall–Kier alpha value is -1.93. The van der Waals surface area contributed by atoms with Gasteiger partial charge in [0.2, 0.25) is 0 Å². The van der Waals surface area contributed by atoms with Gasteiger partial charge in [0.15, 0.2) is 0 Å². The van der Waals surface area contributed by atoms with Gasteiger partial charge in [0.25, 0.3) is 0 Å². The second kappa shape index (κ2) is 12.1. The monoisotopic (exact) mass is 557 g/mol. The molecule has 2 aliphatic heterocycles. The van der Waals surface area contributed by atoms with E-state index < -0.39 is 0 Å². The van der Waals surface area contributed by atoms with Crippen LogP contribution >= 0.6 is 15.9 Å². The zero-order valence-electron chi connectivity index (χ0n) is 22.5. The Kier molecular flexibility index (Phi) is 9.10. The van der Waals surface area contributed by atoms with Crippen molar-refractivity contribution in [3.05, 3.63) is 39.5 Å². The Morgan fingerprint density at radius 2 is 1.94 bits per heavy atom. The molecule has 1 saturated heterocycles. The molecule has 8 heteroatoms. The molecular formula is C28H44BrN7. The van der Waals surface area contributed by atoms with Crippen molar-refractivity contribution in [2.24, 2.45) is 10.7 Å². The van der Waals surface area contributed by atoms with Crippen LogP contribution in [0.3, 0.4) is 0 Å². The number of aromatic nitrogens is 2. The highest BCUT2D eigenvalue weighted by molar-refractivity contribution is 9.12. The van der Waals surface area contributed by atoms with Gasteiger partial charge in [0.1, 0.15) is 11.6 Å². The minimum absolute atomic E-state index is 0.305. The summed E-state index contributed by atoms with van der Waals surface area (Å²) >= 11 is 3.72. The Bertz CT molecular complexity index is 1020. The molecule has 7 nitrogen and oxygen atoms in total. The van der Waals surface area contributed by atoms with Crippen LogP contribution in [0.15, 0.2) is 27.4 Å². The van der Waals surface area contributed by atoms with E-state index in [-0.39, 0.29) is 0 Å². The van der Waals surface area contributed by atoms with E-state index in [4.69, 9.17) is 20.7 Å². The molecule has 1 aromatic rings. The zero-order valence-corrected chi connectivity index (χ0v) is 24.1. The molecule has 1 fully saturated rings. The van der Waals surface area contributed by atoms with Gasteiger partial charge in [0.05, 0.1) is 28.1 Å². The van der Waals surface area contributed by atoms with Crippen molar-refractivity contribution in [3.63, 3.8) is 0 Å². The fourth-order valence-electron chi connectivity index (χ4n) is 6.17. The van der Waals surface area contributed by atoms with Crippen molar-refractivity contribution in [1.82, 2.24) is 20.2 Å². The van der Waals surface area contributed by atoms with Crippen molar-refractivity contribution >= 4 is 27.5 Å². The second-order valence-corrected chi connectivity index (χ2v) is 11.4. The SMILES string of the molecule is C=C(NC)/C(N)=C(\Br)C1=NCCCN(c2nc(CCC3(CCC)CCCN3C)nc3c2CCCC3)C1. The molecule has 0 amide bonds. The summed E-state index contributed by atoms with van der Waals surface area (Å²) in [6.45, 7) is 9.94. The summed E-state index contributed by atoms with van der Waals surface area (Å²) in [6.07, 6.45) is 12.7. The first-order chi connectivity index (χ1) is 17.4. The number of nitrogens with one attached hydrogen (secondary N) is 1. The lowest BCUT2D eigenvalue weighted by molar-refractivity contribution is 0.146. The summed E-state index contributed by atoms with van der Waals surface area (Å²) in [5, 5.41) is 3.04. The minimum atomic E-state index is 0.305. The van der Waals surface area contributed by atoms with Crippen molar-refractivity contribution in [1.29, 1.82) is 0 Å². The lowest BCUT2D eigenvalue weighted by Crippen LogP contribution is -2.41. The zero-order chi connectivity index (χ0) is 25.7. The highest BCUT2D eigenvalue weighted by Gasteiger charge is 2.37. The Morgan fingerprint density at radius 1 is 1.14 bits per heavy atom. The smallest absolute Gasteiger partial charge is 0.136 e. The molecule has 3 heterocycles. The van der Waals surface area contributed by atoms with Crippen LogP contribution in [0, 0.1) is 0 Å². The van der Waals surface area contributed by atoms with Gasteiger partial charge in [-0.25, -0.2) is 9.97 Å². The van der Waals surface area contributed by atoms with Crippen LogP contribution in [0.4, 0.5) is 5.82 Å². The first kappa shape index (κ1) is 27.1. The van der Waals surface area contributed by atoms with Gasteiger partial charge in [-0.3, -0.25) is 4.99 Å². The van der Waals surface area contributed by atoms with Gasteiger partial charge in [-0.2, -0.15) is 0 Å². The predicted octanol–water partition coefficient (Wildman–Crippen LogP) is 4.50. The predicted molar refractivity (Wildman–Crippen MR) is 154 cm³/mol. The number of likely N-dealkylation sites (tertiary alicyclic amines) is 1. The number of hydrogen-bond acceptors (Lipinski definition) is 7. The summed E-state index contributed by atoms with van der Waals surface area (Å²) in [7, 11) is 4.14. The fraction of sp³-hybridized carbons (Fsp3) is 0.679. The number of aliphatic imine (C=N–C) groups is 1. The molecular weight excluding hydrogens is 514 g/mol. The van der Waals surface area contributed by atoms with Crippen LogP contribution in [-0.2, 0) is 19.3 Å². The number of fused-ring (bicyclic) bond motifs is 1. The van der Waals surface area contributed by atoms with E-state index in [1.807, 2.05) is 7.05 Å². The quantitative estimate of drug-likeness (QED) is 0.435. The highest BCUT2D eigenvalue weighted by Crippen LogP contribution is 2.37.